The SMILES string of the molecule is CC(C)C1Oc2c(cc(C(=O)N(C)C)cc2C2CN(C)C(=O)c3[nH]ccc32)NC1=O. The van der Waals surface area contributed by atoms with E-state index in [0.29, 0.717) is 29.2 Å². The van der Waals surface area contributed by atoms with Gasteiger partial charge in [0.1, 0.15) is 11.4 Å². The molecule has 0 aliphatic carbocycles. The van der Waals surface area contributed by atoms with Crippen LogP contribution in [-0.2, 0) is 4.79 Å². The van der Waals surface area contributed by atoms with E-state index in [9.17, 15) is 14.4 Å². The van der Waals surface area contributed by atoms with E-state index in [1.165, 1.54) is 4.90 Å². The maximum atomic E-state index is 12.7. The summed E-state index contributed by atoms with van der Waals surface area (Å²) in [6.07, 6.45) is 1.12. The monoisotopic (exact) mass is 410 g/mol. The number of benzene rings is 1. The average Bonchev–Trinajstić information content (AvgIpc) is 3.18. The molecule has 0 fully saturated rings. The molecule has 0 bridgehead atoms. The number of H-pyrrole nitrogens is 1. The van der Waals surface area contributed by atoms with E-state index >= 15 is 0 Å². The summed E-state index contributed by atoms with van der Waals surface area (Å²) in [6.45, 7) is 4.30. The normalized spacial score (nSPS) is 20.4. The fraction of sp³-hybridized carbons (Fsp3) is 0.409. The molecule has 4 rings (SSSR count). The molecule has 30 heavy (non-hydrogen) atoms. The number of rotatable bonds is 3. The van der Waals surface area contributed by atoms with Crippen molar-refractivity contribution in [2.24, 2.45) is 5.92 Å². The Labute approximate surface area is 175 Å². The number of carbonyl (C=O) groups excluding carboxylic acids is 3. The van der Waals surface area contributed by atoms with E-state index in [2.05, 4.69) is 10.3 Å². The lowest BCUT2D eigenvalue weighted by atomic mass is 9.85. The molecule has 2 aromatic rings. The molecule has 0 saturated heterocycles. The lowest BCUT2D eigenvalue weighted by molar-refractivity contribution is -0.125. The number of fused-ring (bicyclic) bond motifs is 2. The van der Waals surface area contributed by atoms with Crippen LogP contribution < -0.4 is 10.1 Å². The van der Waals surface area contributed by atoms with Crippen molar-refractivity contribution in [1.82, 2.24) is 14.8 Å². The highest BCUT2D eigenvalue weighted by atomic mass is 16.5. The fourth-order valence-electron chi connectivity index (χ4n) is 4.11. The number of carbonyl (C=O) groups is 3. The third kappa shape index (κ3) is 3.12. The molecule has 2 atom stereocenters. The predicted octanol–water partition coefficient (Wildman–Crippen LogP) is 2.29. The Morgan fingerprint density at radius 2 is 1.97 bits per heavy atom. The predicted molar refractivity (Wildman–Crippen MR) is 112 cm³/mol. The van der Waals surface area contributed by atoms with E-state index < -0.39 is 6.10 Å². The largest absolute Gasteiger partial charge is 0.478 e. The molecule has 3 heterocycles. The summed E-state index contributed by atoms with van der Waals surface area (Å²) in [5.74, 6) is -0.128. The van der Waals surface area contributed by atoms with Gasteiger partial charge in [-0.05, 0) is 29.7 Å². The van der Waals surface area contributed by atoms with Crippen molar-refractivity contribution in [1.29, 1.82) is 0 Å². The first kappa shape index (κ1) is 20.0. The van der Waals surface area contributed by atoms with Crippen LogP contribution in [0, 0.1) is 5.92 Å². The van der Waals surface area contributed by atoms with Gasteiger partial charge in [-0.2, -0.15) is 0 Å². The summed E-state index contributed by atoms with van der Waals surface area (Å²) in [5, 5.41) is 2.92. The van der Waals surface area contributed by atoms with Crippen molar-refractivity contribution < 1.29 is 19.1 Å². The molecule has 2 aliphatic rings. The topological polar surface area (TPSA) is 94.7 Å². The molecule has 1 aromatic heterocycles. The van der Waals surface area contributed by atoms with Gasteiger partial charge in [-0.25, -0.2) is 0 Å². The van der Waals surface area contributed by atoms with Crippen LogP contribution in [0.15, 0.2) is 24.4 Å². The molecule has 1 aromatic carbocycles. The van der Waals surface area contributed by atoms with Crippen molar-refractivity contribution in [2.75, 3.05) is 33.0 Å². The Morgan fingerprint density at radius 1 is 1.23 bits per heavy atom. The fourth-order valence-corrected chi connectivity index (χ4v) is 4.11. The molecule has 8 nitrogen and oxygen atoms in total. The van der Waals surface area contributed by atoms with Gasteiger partial charge in [0.2, 0.25) is 0 Å². The van der Waals surface area contributed by atoms with Gasteiger partial charge in [0.25, 0.3) is 17.7 Å². The van der Waals surface area contributed by atoms with Crippen molar-refractivity contribution in [2.45, 2.75) is 25.9 Å². The van der Waals surface area contributed by atoms with Crippen LogP contribution in [0.1, 0.15) is 51.7 Å². The highest BCUT2D eigenvalue weighted by Gasteiger charge is 2.38. The number of hydrogen-bond acceptors (Lipinski definition) is 4. The number of likely N-dealkylation sites (N-methyl/N-ethyl adjacent to an activating group) is 1. The number of nitrogens with one attached hydrogen (secondary N) is 2. The number of nitrogens with zero attached hydrogens (tertiary/aromatic N) is 2. The second kappa shape index (κ2) is 7.19. The molecular weight excluding hydrogens is 384 g/mol. The average molecular weight is 410 g/mol. The number of amides is 3. The van der Waals surface area contributed by atoms with E-state index in [1.54, 1.807) is 38.3 Å². The summed E-state index contributed by atoms with van der Waals surface area (Å²) in [5.41, 5.74) is 3.11. The van der Waals surface area contributed by atoms with E-state index in [1.807, 2.05) is 26.0 Å². The van der Waals surface area contributed by atoms with Gasteiger partial charge in [-0.3, -0.25) is 14.4 Å². The van der Waals surface area contributed by atoms with Crippen LogP contribution in [0.4, 0.5) is 5.69 Å². The molecule has 0 saturated carbocycles. The highest BCUT2D eigenvalue weighted by Crippen LogP contribution is 2.44. The number of aromatic amines is 1. The second-order valence-electron chi connectivity index (χ2n) is 8.46. The first-order valence-electron chi connectivity index (χ1n) is 9.98. The number of aromatic nitrogens is 1. The zero-order valence-corrected chi connectivity index (χ0v) is 17.8. The molecular formula is C22H26N4O4. The minimum absolute atomic E-state index is 0.0208. The first-order chi connectivity index (χ1) is 14.2. The van der Waals surface area contributed by atoms with Crippen LogP contribution in [-0.4, -0.2) is 66.3 Å². The first-order valence-corrected chi connectivity index (χ1v) is 9.98. The van der Waals surface area contributed by atoms with Crippen LogP contribution >= 0.6 is 0 Å². The lowest BCUT2D eigenvalue weighted by Crippen LogP contribution is -2.42. The Balaban J connectivity index is 1.91. The van der Waals surface area contributed by atoms with Crippen molar-refractivity contribution in [3.05, 3.63) is 46.8 Å². The molecule has 0 spiro atoms. The minimum Gasteiger partial charge on any atom is -0.478 e. The van der Waals surface area contributed by atoms with E-state index in [4.69, 9.17) is 4.74 Å². The van der Waals surface area contributed by atoms with Crippen molar-refractivity contribution in [3.63, 3.8) is 0 Å². The Morgan fingerprint density at radius 3 is 2.63 bits per heavy atom. The summed E-state index contributed by atoms with van der Waals surface area (Å²) in [6, 6.07) is 5.37. The molecule has 0 radical (unpaired) electrons. The molecule has 2 N–H and O–H groups in total. The van der Waals surface area contributed by atoms with Crippen LogP contribution in [0.3, 0.4) is 0 Å². The smallest absolute Gasteiger partial charge is 0.270 e. The van der Waals surface area contributed by atoms with Crippen molar-refractivity contribution >= 4 is 23.4 Å². The summed E-state index contributed by atoms with van der Waals surface area (Å²) in [7, 11) is 5.12. The van der Waals surface area contributed by atoms with E-state index in [-0.39, 0.29) is 29.6 Å². The van der Waals surface area contributed by atoms with Gasteiger partial charge < -0.3 is 24.8 Å². The number of hydrogen-bond donors (Lipinski definition) is 2. The maximum absolute atomic E-state index is 12.7. The van der Waals surface area contributed by atoms with Gasteiger partial charge in [0.05, 0.1) is 5.69 Å². The minimum atomic E-state index is -0.625. The quantitative estimate of drug-likeness (QED) is 0.812. The number of ether oxygens (including phenoxy) is 1. The maximum Gasteiger partial charge on any atom is 0.270 e. The summed E-state index contributed by atoms with van der Waals surface area (Å²) < 4.78 is 6.19. The zero-order valence-electron chi connectivity index (χ0n) is 17.8. The van der Waals surface area contributed by atoms with Crippen LogP contribution in [0.5, 0.6) is 5.75 Å². The third-order valence-corrected chi connectivity index (χ3v) is 5.68. The van der Waals surface area contributed by atoms with Crippen LogP contribution in [0.2, 0.25) is 0 Å². The molecule has 2 unspecified atom stereocenters. The van der Waals surface area contributed by atoms with Gasteiger partial charge in [0.15, 0.2) is 6.10 Å². The van der Waals surface area contributed by atoms with Gasteiger partial charge in [-0.15, -0.1) is 0 Å². The van der Waals surface area contributed by atoms with Gasteiger partial charge >= 0.3 is 0 Å². The standard InChI is InChI=1S/C22H26N4O4/c1-11(2)18-20(27)24-16-9-12(21(28)25(3)4)8-14(19(16)30-18)15-10-26(5)22(29)17-13(15)6-7-23-17/h6-9,11,15,18,23H,10H2,1-5H3,(H,24,27). The number of anilines is 1. The van der Waals surface area contributed by atoms with Crippen LogP contribution in [0.25, 0.3) is 0 Å². The van der Waals surface area contributed by atoms with Gasteiger partial charge in [0, 0.05) is 50.9 Å². The van der Waals surface area contributed by atoms with E-state index in [0.717, 1.165) is 11.1 Å². The Hall–Kier alpha value is -3.29. The Bertz CT molecular complexity index is 1040. The van der Waals surface area contributed by atoms with Crippen molar-refractivity contribution in [3.8, 4) is 5.75 Å². The lowest BCUT2D eigenvalue weighted by Gasteiger charge is -2.35. The highest BCUT2D eigenvalue weighted by molar-refractivity contribution is 6.02. The molecule has 3 amide bonds. The Kier molecular flexibility index (Phi) is 4.80. The molecule has 8 heteroatoms. The van der Waals surface area contributed by atoms with Gasteiger partial charge in [-0.1, -0.05) is 13.8 Å². The molecule has 158 valence electrons. The second-order valence-corrected chi connectivity index (χ2v) is 8.46. The summed E-state index contributed by atoms with van der Waals surface area (Å²) in [4.78, 5) is 44.0. The zero-order chi connectivity index (χ0) is 21.7. The third-order valence-electron chi connectivity index (χ3n) is 5.68. The molecule has 2 aliphatic heterocycles. The summed E-state index contributed by atoms with van der Waals surface area (Å²) >= 11 is 0.